The highest BCUT2D eigenvalue weighted by molar-refractivity contribution is 7.99. The van der Waals surface area contributed by atoms with Crippen LogP contribution < -0.4 is 0 Å². The highest BCUT2D eigenvalue weighted by Crippen LogP contribution is 2.20. The van der Waals surface area contributed by atoms with Crippen molar-refractivity contribution in [3.05, 3.63) is 35.4 Å². The summed E-state index contributed by atoms with van der Waals surface area (Å²) in [5.41, 5.74) is 1.14. The minimum Gasteiger partial charge on any atom is -0.478 e. The Hall–Kier alpha value is -1.00. The molecule has 1 rings (SSSR count). The molecule has 0 aliphatic rings. The van der Waals surface area contributed by atoms with Gasteiger partial charge in [-0.25, -0.2) is 4.79 Å². The van der Waals surface area contributed by atoms with E-state index in [1.807, 2.05) is 13.0 Å². The zero-order valence-corrected chi connectivity index (χ0v) is 9.33. The van der Waals surface area contributed by atoms with Gasteiger partial charge in [0.1, 0.15) is 0 Å². The SMILES string of the molecule is CC(CO)SCc1ccccc1C(=O)O. The molecule has 1 atom stereocenters. The normalized spacial score (nSPS) is 12.4. The number of aromatic carboxylic acids is 1. The molecule has 0 aliphatic carbocycles. The fraction of sp³-hybridized carbons (Fsp3) is 0.364. The zero-order valence-electron chi connectivity index (χ0n) is 8.51. The summed E-state index contributed by atoms with van der Waals surface area (Å²) in [5.74, 6) is -0.285. The largest absolute Gasteiger partial charge is 0.478 e. The number of aliphatic hydroxyl groups excluding tert-OH is 1. The van der Waals surface area contributed by atoms with Crippen molar-refractivity contribution in [2.75, 3.05) is 6.61 Å². The van der Waals surface area contributed by atoms with Crippen molar-refractivity contribution >= 4 is 17.7 Å². The van der Waals surface area contributed by atoms with Gasteiger partial charge < -0.3 is 10.2 Å². The molecule has 1 aromatic carbocycles. The molecule has 0 fully saturated rings. The highest BCUT2D eigenvalue weighted by atomic mass is 32.2. The fourth-order valence-corrected chi connectivity index (χ4v) is 1.96. The van der Waals surface area contributed by atoms with Gasteiger partial charge in [0.2, 0.25) is 0 Å². The third-order valence-corrected chi connectivity index (χ3v) is 3.22. The summed E-state index contributed by atoms with van der Waals surface area (Å²) in [6.07, 6.45) is 0. The lowest BCUT2D eigenvalue weighted by Crippen LogP contribution is -2.05. The lowest BCUT2D eigenvalue weighted by Gasteiger charge is -2.09. The van der Waals surface area contributed by atoms with Gasteiger partial charge in [0, 0.05) is 11.0 Å². The summed E-state index contributed by atoms with van der Waals surface area (Å²) in [4.78, 5) is 10.9. The van der Waals surface area contributed by atoms with E-state index in [1.165, 1.54) is 0 Å². The quantitative estimate of drug-likeness (QED) is 0.806. The molecule has 0 spiro atoms. The third kappa shape index (κ3) is 3.57. The smallest absolute Gasteiger partial charge is 0.335 e. The average Bonchev–Trinajstić information content (AvgIpc) is 2.26. The first kappa shape index (κ1) is 12.1. The number of rotatable bonds is 5. The van der Waals surface area contributed by atoms with Crippen LogP contribution in [-0.2, 0) is 5.75 Å². The highest BCUT2D eigenvalue weighted by Gasteiger charge is 2.09. The molecule has 0 heterocycles. The maximum Gasteiger partial charge on any atom is 0.335 e. The number of thioether (sulfide) groups is 1. The molecule has 0 saturated heterocycles. The first-order valence-electron chi connectivity index (χ1n) is 4.68. The summed E-state index contributed by atoms with van der Waals surface area (Å²) >= 11 is 1.55. The van der Waals surface area contributed by atoms with Crippen molar-refractivity contribution < 1.29 is 15.0 Å². The minimum absolute atomic E-state index is 0.111. The fourth-order valence-electron chi connectivity index (χ4n) is 1.14. The van der Waals surface area contributed by atoms with Gasteiger partial charge in [-0.05, 0) is 11.6 Å². The number of hydrogen-bond donors (Lipinski definition) is 2. The lowest BCUT2D eigenvalue weighted by atomic mass is 10.1. The molecule has 0 radical (unpaired) electrons. The van der Waals surface area contributed by atoms with Gasteiger partial charge in [0.25, 0.3) is 0 Å². The van der Waals surface area contributed by atoms with Crippen molar-refractivity contribution in [3.8, 4) is 0 Å². The standard InChI is InChI=1S/C11H14O3S/c1-8(6-12)15-7-9-4-2-3-5-10(9)11(13)14/h2-5,8,12H,6-7H2,1H3,(H,13,14). The molecule has 0 aliphatic heterocycles. The van der Waals surface area contributed by atoms with Crippen molar-refractivity contribution in [3.63, 3.8) is 0 Å². The van der Waals surface area contributed by atoms with E-state index in [0.717, 1.165) is 5.56 Å². The van der Waals surface area contributed by atoms with Crippen LogP contribution in [0, 0.1) is 0 Å². The van der Waals surface area contributed by atoms with E-state index >= 15 is 0 Å². The maximum absolute atomic E-state index is 10.9. The van der Waals surface area contributed by atoms with Crippen LogP contribution >= 0.6 is 11.8 Å². The molecule has 0 bridgehead atoms. The van der Waals surface area contributed by atoms with Crippen molar-refractivity contribution in [2.45, 2.75) is 17.9 Å². The topological polar surface area (TPSA) is 57.5 Å². The monoisotopic (exact) mass is 226 g/mol. The van der Waals surface area contributed by atoms with Crippen LogP contribution in [0.2, 0.25) is 0 Å². The van der Waals surface area contributed by atoms with Crippen molar-refractivity contribution in [1.82, 2.24) is 0 Å². The average molecular weight is 226 g/mol. The van der Waals surface area contributed by atoms with Gasteiger partial charge in [-0.3, -0.25) is 0 Å². The molecule has 15 heavy (non-hydrogen) atoms. The molecule has 3 nitrogen and oxygen atoms in total. The Morgan fingerprint density at radius 3 is 2.73 bits per heavy atom. The zero-order chi connectivity index (χ0) is 11.3. The maximum atomic E-state index is 10.9. The van der Waals surface area contributed by atoms with E-state index in [2.05, 4.69) is 0 Å². The van der Waals surface area contributed by atoms with E-state index in [4.69, 9.17) is 10.2 Å². The number of carboxylic acids is 1. The number of carbonyl (C=O) groups is 1. The minimum atomic E-state index is -0.900. The molecular weight excluding hydrogens is 212 g/mol. The molecule has 82 valence electrons. The molecule has 0 aromatic heterocycles. The summed E-state index contributed by atoms with van der Waals surface area (Å²) in [6.45, 7) is 2.02. The van der Waals surface area contributed by atoms with E-state index in [-0.39, 0.29) is 11.9 Å². The Morgan fingerprint density at radius 1 is 1.47 bits per heavy atom. The van der Waals surface area contributed by atoms with Crippen molar-refractivity contribution in [2.24, 2.45) is 0 Å². The van der Waals surface area contributed by atoms with E-state index in [9.17, 15) is 4.79 Å². The number of hydrogen-bond acceptors (Lipinski definition) is 3. The molecule has 0 amide bonds. The van der Waals surface area contributed by atoms with E-state index in [0.29, 0.717) is 11.3 Å². The number of benzene rings is 1. The summed E-state index contributed by atoms with van der Waals surface area (Å²) in [6, 6.07) is 6.95. The van der Waals surface area contributed by atoms with Gasteiger partial charge in [-0.1, -0.05) is 25.1 Å². The molecular formula is C11H14O3S. The first-order valence-corrected chi connectivity index (χ1v) is 5.73. The second kappa shape index (κ2) is 5.78. The summed E-state index contributed by atoms with van der Waals surface area (Å²) in [5, 5.41) is 17.9. The lowest BCUT2D eigenvalue weighted by molar-refractivity contribution is 0.0696. The second-order valence-electron chi connectivity index (χ2n) is 3.27. The Bertz CT molecular complexity index is 338. The first-order chi connectivity index (χ1) is 7.15. The van der Waals surface area contributed by atoms with E-state index < -0.39 is 5.97 Å². The summed E-state index contributed by atoms with van der Waals surface area (Å²) in [7, 11) is 0. The Morgan fingerprint density at radius 2 is 2.13 bits per heavy atom. The predicted molar refractivity (Wildman–Crippen MR) is 61.2 cm³/mol. The molecule has 0 saturated carbocycles. The molecule has 2 N–H and O–H groups in total. The van der Waals surface area contributed by atoms with Gasteiger partial charge in [-0.2, -0.15) is 11.8 Å². The predicted octanol–water partition coefficient (Wildman–Crippen LogP) is 2.00. The van der Waals surface area contributed by atoms with Crippen LogP contribution in [0.4, 0.5) is 0 Å². The Labute approximate surface area is 93.1 Å². The van der Waals surface area contributed by atoms with Crippen LogP contribution in [0.5, 0.6) is 0 Å². The number of aliphatic hydroxyl groups is 1. The molecule has 1 aromatic rings. The summed E-state index contributed by atoms with van der Waals surface area (Å²) < 4.78 is 0. The van der Waals surface area contributed by atoms with Crippen LogP contribution in [0.3, 0.4) is 0 Å². The third-order valence-electron chi connectivity index (χ3n) is 2.03. The molecule has 4 heteroatoms. The number of carboxylic acid groups (broad SMARTS) is 1. The van der Waals surface area contributed by atoms with Gasteiger partial charge in [0.05, 0.1) is 12.2 Å². The van der Waals surface area contributed by atoms with Gasteiger partial charge in [-0.15, -0.1) is 0 Å². The van der Waals surface area contributed by atoms with Crippen LogP contribution in [0.1, 0.15) is 22.8 Å². The van der Waals surface area contributed by atoms with Gasteiger partial charge >= 0.3 is 5.97 Å². The van der Waals surface area contributed by atoms with E-state index in [1.54, 1.807) is 30.0 Å². The van der Waals surface area contributed by atoms with Gasteiger partial charge in [0.15, 0.2) is 0 Å². The van der Waals surface area contributed by atoms with Crippen LogP contribution in [-0.4, -0.2) is 28.0 Å². The van der Waals surface area contributed by atoms with Crippen LogP contribution in [0.15, 0.2) is 24.3 Å². The van der Waals surface area contributed by atoms with Crippen molar-refractivity contribution in [1.29, 1.82) is 0 Å². The second-order valence-corrected chi connectivity index (χ2v) is 4.69. The Kier molecular flexibility index (Phi) is 4.65. The Balaban J connectivity index is 2.72. The van der Waals surface area contributed by atoms with Crippen LogP contribution in [0.25, 0.3) is 0 Å². The molecule has 1 unspecified atom stereocenters.